The second-order valence-corrected chi connectivity index (χ2v) is 5.45. The zero-order valence-corrected chi connectivity index (χ0v) is 13.0. The quantitative estimate of drug-likeness (QED) is 0.494. The van der Waals surface area contributed by atoms with E-state index < -0.39 is 0 Å². The van der Waals surface area contributed by atoms with Crippen molar-refractivity contribution < 1.29 is 9.53 Å². The topological polar surface area (TPSA) is 52.3 Å². The lowest BCUT2D eigenvalue weighted by Crippen LogP contribution is -2.06. The molecule has 3 heteroatoms. The van der Waals surface area contributed by atoms with E-state index >= 15 is 0 Å². The first kappa shape index (κ1) is 15.8. The molecule has 0 bridgehead atoms. The number of nitrogens with two attached hydrogens (primary N) is 1. The van der Waals surface area contributed by atoms with E-state index in [1.54, 1.807) is 24.3 Å². The lowest BCUT2D eigenvalue weighted by atomic mass is 9.97. The van der Waals surface area contributed by atoms with Crippen LogP contribution in [0, 0.1) is 0 Å². The maximum atomic E-state index is 12.6. The lowest BCUT2D eigenvalue weighted by molar-refractivity contribution is 0.103. The average molecular weight is 295 g/mol. The van der Waals surface area contributed by atoms with Crippen LogP contribution in [0.5, 0.6) is 5.75 Å². The van der Waals surface area contributed by atoms with Gasteiger partial charge in [-0.3, -0.25) is 4.79 Å². The molecule has 2 aromatic rings. The summed E-state index contributed by atoms with van der Waals surface area (Å²) in [6.07, 6.45) is 1.66. The first-order chi connectivity index (χ1) is 10.5. The summed E-state index contributed by atoms with van der Waals surface area (Å²) in [5, 5.41) is 0. The highest BCUT2D eigenvalue weighted by Crippen LogP contribution is 2.23. The third-order valence-electron chi connectivity index (χ3n) is 3.48. The van der Waals surface area contributed by atoms with Gasteiger partial charge >= 0.3 is 0 Å². The second-order valence-electron chi connectivity index (χ2n) is 5.45. The van der Waals surface area contributed by atoms with Crippen molar-refractivity contribution in [1.29, 1.82) is 0 Å². The van der Waals surface area contributed by atoms with Crippen LogP contribution in [0.3, 0.4) is 0 Å². The van der Waals surface area contributed by atoms with E-state index in [1.807, 2.05) is 24.3 Å². The maximum Gasteiger partial charge on any atom is 0.195 e. The molecule has 0 heterocycles. The Labute approximate surface area is 131 Å². The number of carbonyl (C=O) groups is 1. The SMILES string of the molecule is C=CCOc1ccc(N)c(C(=O)c2ccc(C(C)C)cc2)c1. The van der Waals surface area contributed by atoms with Gasteiger partial charge in [-0.1, -0.05) is 50.8 Å². The predicted molar refractivity (Wildman–Crippen MR) is 90.5 cm³/mol. The van der Waals surface area contributed by atoms with E-state index in [0.29, 0.717) is 35.1 Å². The molecule has 114 valence electrons. The molecule has 0 spiro atoms. The van der Waals surface area contributed by atoms with Crippen molar-refractivity contribution in [2.75, 3.05) is 12.3 Å². The Balaban J connectivity index is 2.29. The smallest absolute Gasteiger partial charge is 0.195 e. The number of carbonyl (C=O) groups excluding carboxylic acids is 1. The molecular weight excluding hydrogens is 274 g/mol. The summed E-state index contributed by atoms with van der Waals surface area (Å²) in [5.74, 6) is 0.943. The third kappa shape index (κ3) is 3.55. The van der Waals surface area contributed by atoms with Crippen molar-refractivity contribution in [3.05, 3.63) is 71.8 Å². The number of anilines is 1. The molecule has 2 N–H and O–H groups in total. The summed E-state index contributed by atoms with van der Waals surface area (Å²) in [7, 11) is 0. The molecule has 0 fully saturated rings. The largest absolute Gasteiger partial charge is 0.490 e. The summed E-state index contributed by atoms with van der Waals surface area (Å²) in [4.78, 5) is 12.6. The van der Waals surface area contributed by atoms with Crippen LogP contribution < -0.4 is 10.5 Å². The van der Waals surface area contributed by atoms with E-state index in [-0.39, 0.29) is 5.78 Å². The van der Waals surface area contributed by atoms with E-state index in [9.17, 15) is 4.79 Å². The zero-order valence-electron chi connectivity index (χ0n) is 13.0. The Morgan fingerprint density at radius 2 is 1.91 bits per heavy atom. The van der Waals surface area contributed by atoms with Crippen LogP contribution in [0.2, 0.25) is 0 Å². The number of ether oxygens (including phenoxy) is 1. The zero-order chi connectivity index (χ0) is 16.1. The Morgan fingerprint density at radius 1 is 1.23 bits per heavy atom. The van der Waals surface area contributed by atoms with Crippen LogP contribution in [-0.2, 0) is 0 Å². The summed E-state index contributed by atoms with van der Waals surface area (Å²) in [5.41, 5.74) is 8.67. The van der Waals surface area contributed by atoms with E-state index in [1.165, 1.54) is 5.56 Å². The van der Waals surface area contributed by atoms with Crippen molar-refractivity contribution >= 4 is 11.5 Å². The molecule has 0 amide bonds. The molecule has 0 saturated carbocycles. The normalized spacial score (nSPS) is 10.5. The minimum absolute atomic E-state index is 0.100. The Bertz CT molecular complexity index is 672. The molecule has 22 heavy (non-hydrogen) atoms. The first-order valence-corrected chi connectivity index (χ1v) is 7.30. The van der Waals surface area contributed by atoms with Crippen LogP contribution in [0.15, 0.2) is 55.1 Å². The van der Waals surface area contributed by atoms with Gasteiger partial charge in [0.15, 0.2) is 5.78 Å². The van der Waals surface area contributed by atoms with Crippen molar-refractivity contribution in [1.82, 2.24) is 0 Å². The van der Waals surface area contributed by atoms with Crippen molar-refractivity contribution in [2.45, 2.75) is 19.8 Å². The van der Waals surface area contributed by atoms with Crippen molar-refractivity contribution in [3.63, 3.8) is 0 Å². The predicted octanol–water partition coefficient (Wildman–Crippen LogP) is 4.19. The molecule has 2 aromatic carbocycles. The summed E-state index contributed by atoms with van der Waals surface area (Å²) >= 11 is 0. The molecule has 0 aliphatic heterocycles. The van der Waals surface area contributed by atoms with E-state index in [0.717, 1.165) is 0 Å². The molecule has 0 radical (unpaired) electrons. The Morgan fingerprint density at radius 3 is 2.50 bits per heavy atom. The van der Waals surface area contributed by atoms with E-state index in [2.05, 4.69) is 20.4 Å². The highest BCUT2D eigenvalue weighted by Gasteiger charge is 2.14. The van der Waals surface area contributed by atoms with Gasteiger partial charge in [0.25, 0.3) is 0 Å². The minimum Gasteiger partial charge on any atom is -0.490 e. The summed E-state index contributed by atoms with van der Waals surface area (Å²) < 4.78 is 5.46. The van der Waals surface area contributed by atoms with Gasteiger partial charge in [0.2, 0.25) is 0 Å². The summed E-state index contributed by atoms with van der Waals surface area (Å²) in [6, 6.07) is 12.8. The second kappa shape index (κ2) is 6.94. The highest BCUT2D eigenvalue weighted by molar-refractivity contribution is 6.12. The van der Waals surface area contributed by atoms with Gasteiger partial charge in [-0.15, -0.1) is 0 Å². The third-order valence-corrected chi connectivity index (χ3v) is 3.48. The van der Waals surface area contributed by atoms with Gasteiger partial charge in [0.1, 0.15) is 12.4 Å². The van der Waals surface area contributed by atoms with Crippen LogP contribution in [0.1, 0.15) is 41.3 Å². The van der Waals surface area contributed by atoms with Gasteiger partial charge in [0.05, 0.1) is 0 Å². The molecule has 2 rings (SSSR count). The average Bonchev–Trinajstić information content (AvgIpc) is 2.53. The number of hydrogen-bond donors (Lipinski definition) is 1. The molecule has 0 atom stereocenters. The fraction of sp³-hybridized carbons (Fsp3) is 0.211. The highest BCUT2D eigenvalue weighted by atomic mass is 16.5. The molecule has 0 aliphatic rings. The number of benzene rings is 2. The maximum absolute atomic E-state index is 12.6. The van der Waals surface area contributed by atoms with E-state index in [4.69, 9.17) is 10.5 Å². The van der Waals surface area contributed by atoms with Crippen LogP contribution in [0.25, 0.3) is 0 Å². The van der Waals surface area contributed by atoms with Gasteiger partial charge in [-0.25, -0.2) is 0 Å². The standard InChI is InChI=1S/C19H21NO2/c1-4-11-22-16-9-10-18(20)17(12-16)19(21)15-7-5-14(6-8-15)13(2)3/h4-10,12-13H,1,11,20H2,2-3H3. The molecular formula is C19H21NO2. The first-order valence-electron chi connectivity index (χ1n) is 7.30. The van der Waals surface area contributed by atoms with Gasteiger partial charge in [0, 0.05) is 16.8 Å². The molecule has 0 aliphatic carbocycles. The summed E-state index contributed by atoms with van der Waals surface area (Å²) in [6.45, 7) is 8.23. The van der Waals surface area contributed by atoms with Crippen LogP contribution >= 0.6 is 0 Å². The number of hydrogen-bond acceptors (Lipinski definition) is 3. The number of rotatable bonds is 6. The number of nitrogen functional groups attached to an aromatic ring is 1. The van der Waals surface area contributed by atoms with Crippen molar-refractivity contribution in [2.24, 2.45) is 0 Å². The number of ketones is 1. The van der Waals surface area contributed by atoms with Gasteiger partial charge in [-0.05, 0) is 29.7 Å². The Kier molecular flexibility index (Phi) is 4.99. The molecule has 0 aromatic heterocycles. The van der Waals surface area contributed by atoms with Gasteiger partial charge in [-0.2, -0.15) is 0 Å². The Hall–Kier alpha value is -2.55. The fourth-order valence-corrected chi connectivity index (χ4v) is 2.15. The lowest BCUT2D eigenvalue weighted by Gasteiger charge is -2.10. The molecule has 3 nitrogen and oxygen atoms in total. The monoisotopic (exact) mass is 295 g/mol. The van der Waals surface area contributed by atoms with Crippen LogP contribution in [0.4, 0.5) is 5.69 Å². The minimum atomic E-state index is -0.100. The van der Waals surface area contributed by atoms with Crippen molar-refractivity contribution in [3.8, 4) is 5.75 Å². The fourth-order valence-electron chi connectivity index (χ4n) is 2.15. The van der Waals surface area contributed by atoms with Gasteiger partial charge < -0.3 is 10.5 Å². The molecule has 0 saturated heterocycles. The van der Waals surface area contributed by atoms with Crippen LogP contribution in [-0.4, -0.2) is 12.4 Å². The molecule has 0 unspecified atom stereocenters.